The van der Waals surface area contributed by atoms with Crippen LogP contribution in [-0.2, 0) is 0 Å². The summed E-state index contributed by atoms with van der Waals surface area (Å²) in [5.41, 5.74) is -0.974. The van der Waals surface area contributed by atoms with Crippen molar-refractivity contribution >= 4 is 11.8 Å². The van der Waals surface area contributed by atoms with Gasteiger partial charge < -0.3 is 20.4 Å². The molecule has 0 radical (unpaired) electrons. The van der Waals surface area contributed by atoms with Crippen molar-refractivity contribution in [3.63, 3.8) is 0 Å². The van der Waals surface area contributed by atoms with E-state index < -0.39 is 23.7 Å². The Kier molecular flexibility index (Phi) is 2.54. The minimum absolute atomic E-state index is 0.263. The number of rotatable bonds is 0. The first-order valence-electron chi connectivity index (χ1n) is 2.97. The zero-order chi connectivity index (χ0) is 7.72. The molecule has 0 saturated carbocycles. The van der Waals surface area contributed by atoms with Crippen LogP contribution in [0.4, 0.5) is 0 Å². The minimum atomic E-state index is -1.23. The first-order chi connectivity index (χ1) is 4.63. The topological polar surface area (TPSA) is 80.9 Å². The van der Waals surface area contributed by atoms with Gasteiger partial charge in [0.2, 0.25) is 0 Å². The Morgan fingerprint density at radius 3 is 2.10 bits per heavy atom. The van der Waals surface area contributed by atoms with Gasteiger partial charge in [-0.3, -0.25) is 0 Å². The Labute approximate surface area is 62.5 Å². The Morgan fingerprint density at radius 2 is 1.60 bits per heavy atom. The van der Waals surface area contributed by atoms with Crippen LogP contribution in [0.15, 0.2) is 0 Å². The molecule has 0 bridgehead atoms. The molecular formula is C5H10O4S. The van der Waals surface area contributed by atoms with Gasteiger partial charge in [-0.25, -0.2) is 0 Å². The maximum absolute atomic E-state index is 8.94. The van der Waals surface area contributed by atoms with Crippen LogP contribution in [0.5, 0.6) is 0 Å². The lowest BCUT2D eigenvalue weighted by Gasteiger charge is -2.31. The van der Waals surface area contributed by atoms with Gasteiger partial charge in [0.15, 0.2) is 0 Å². The zero-order valence-corrected chi connectivity index (χ0v) is 6.03. The highest BCUT2D eigenvalue weighted by atomic mass is 32.2. The van der Waals surface area contributed by atoms with Gasteiger partial charge in [-0.2, -0.15) is 0 Å². The van der Waals surface area contributed by atoms with Crippen molar-refractivity contribution in [1.82, 2.24) is 0 Å². The highest BCUT2D eigenvalue weighted by Gasteiger charge is 2.35. The monoisotopic (exact) mass is 166 g/mol. The van der Waals surface area contributed by atoms with E-state index in [-0.39, 0.29) is 5.75 Å². The molecule has 0 aromatic heterocycles. The summed E-state index contributed by atoms with van der Waals surface area (Å²) < 4.78 is 0. The third kappa shape index (κ3) is 1.43. The number of aliphatic hydroxyl groups is 4. The minimum Gasteiger partial charge on any atom is -0.389 e. The molecule has 1 fully saturated rings. The fraction of sp³-hybridized carbons (Fsp3) is 1.00. The molecule has 0 amide bonds. The molecule has 10 heavy (non-hydrogen) atoms. The van der Waals surface area contributed by atoms with Crippen molar-refractivity contribution in [2.24, 2.45) is 0 Å². The van der Waals surface area contributed by atoms with Crippen molar-refractivity contribution in [3.05, 3.63) is 0 Å². The molecule has 1 aliphatic rings. The number of hydrogen-bond acceptors (Lipinski definition) is 5. The Morgan fingerprint density at radius 1 is 1.00 bits per heavy atom. The molecule has 4 atom stereocenters. The van der Waals surface area contributed by atoms with Crippen LogP contribution < -0.4 is 0 Å². The lowest BCUT2D eigenvalue weighted by atomic mass is 10.1. The summed E-state index contributed by atoms with van der Waals surface area (Å²) in [6, 6.07) is 0. The van der Waals surface area contributed by atoms with E-state index in [1.165, 1.54) is 0 Å². The molecule has 0 aromatic rings. The van der Waals surface area contributed by atoms with E-state index in [1.54, 1.807) is 0 Å². The van der Waals surface area contributed by atoms with E-state index in [9.17, 15) is 0 Å². The largest absolute Gasteiger partial charge is 0.389 e. The van der Waals surface area contributed by atoms with Gasteiger partial charge in [-0.05, 0) is 0 Å². The van der Waals surface area contributed by atoms with Gasteiger partial charge in [0, 0.05) is 5.75 Å². The summed E-state index contributed by atoms with van der Waals surface area (Å²) in [6.07, 6.45) is -3.37. The van der Waals surface area contributed by atoms with Crippen molar-refractivity contribution in [1.29, 1.82) is 0 Å². The average Bonchev–Trinajstić information content (AvgIpc) is 1.93. The second-order valence-electron chi connectivity index (χ2n) is 2.27. The fourth-order valence-electron chi connectivity index (χ4n) is 0.791. The van der Waals surface area contributed by atoms with Gasteiger partial charge in [0.05, 0.1) is 6.10 Å². The Hall–Kier alpha value is 0.190. The fourth-order valence-corrected chi connectivity index (χ4v) is 1.74. The number of thioether (sulfide) groups is 1. The van der Waals surface area contributed by atoms with Crippen molar-refractivity contribution in [3.8, 4) is 0 Å². The summed E-state index contributed by atoms with van der Waals surface area (Å²) in [7, 11) is 0. The molecule has 4 nitrogen and oxygen atoms in total. The van der Waals surface area contributed by atoms with Crippen LogP contribution in [0.3, 0.4) is 0 Å². The van der Waals surface area contributed by atoms with Gasteiger partial charge in [-0.15, -0.1) is 11.8 Å². The molecule has 1 aliphatic heterocycles. The van der Waals surface area contributed by atoms with Gasteiger partial charge in [0.25, 0.3) is 0 Å². The van der Waals surface area contributed by atoms with Crippen LogP contribution in [0.25, 0.3) is 0 Å². The molecule has 0 aliphatic carbocycles. The Balaban J connectivity index is 2.52. The van der Waals surface area contributed by atoms with Gasteiger partial charge in [-0.1, -0.05) is 0 Å². The molecule has 60 valence electrons. The number of hydrogen-bond donors (Lipinski definition) is 4. The van der Waals surface area contributed by atoms with Crippen LogP contribution in [0.2, 0.25) is 0 Å². The first-order valence-corrected chi connectivity index (χ1v) is 4.01. The van der Waals surface area contributed by atoms with Crippen molar-refractivity contribution < 1.29 is 20.4 Å². The summed E-state index contributed by atoms with van der Waals surface area (Å²) in [6.45, 7) is 0. The lowest BCUT2D eigenvalue weighted by molar-refractivity contribution is -0.0834. The predicted octanol–water partition coefficient (Wildman–Crippen LogP) is -1.87. The summed E-state index contributed by atoms with van der Waals surface area (Å²) in [4.78, 5) is 0. The van der Waals surface area contributed by atoms with Gasteiger partial charge >= 0.3 is 0 Å². The predicted molar refractivity (Wildman–Crippen MR) is 36.5 cm³/mol. The highest BCUT2D eigenvalue weighted by Crippen LogP contribution is 2.23. The molecule has 1 saturated heterocycles. The number of aliphatic hydroxyl groups excluding tert-OH is 4. The van der Waals surface area contributed by atoms with Gasteiger partial charge in [0.1, 0.15) is 17.6 Å². The normalized spacial score (nSPS) is 49.2. The summed E-state index contributed by atoms with van der Waals surface area (Å²) in [5.74, 6) is 0.263. The SMILES string of the molecule is OC1SC[C@H](O)[C@@H](O)[C@@H]1O. The van der Waals surface area contributed by atoms with Crippen molar-refractivity contribution in [2.75, 3.05) is 5.75 Å². The molecular weight excluding hydrogens is 156 g/mol. The maximum Gasteiger partial charge on any atom is 0.128 e. The molecule has 0 spiro atoms. The van der Waals surface area contributed by atoms with E-state index >= 15 is 0 Å². The summed E-state index contributed by atoms with van der Waals surface area (Å²) >= 11 is 1.03. The maximum atomic E-state index is 8.94. The van der Waals surface area contributed by atoms with Crippen molar-refractivity contribution in [2.45, 2.75) is 23.7 Å². The lowest BCUT2D eigenvalue weighted by Crippen LogP contribution is -2.48. The smallest absolute Gasteiger partial charge is 0.128 e. The van der Waals surface area contributed by atoms with E-state index in [1.807, 2.05) is 0 Å². The van der Waals surface area contributed by atoms with Crippen LogP contribution >= 0.6 is 11.8 Å². The molecule has 5 heteroatoms. The summed E-state index contributed by atoms with van der Waals surface area (Å²) in [5, 5.41) is 35.7. The quantitative estimate of drug-likeness (QED) is 0.339. The third-order valence-corrected chi connectivity index (χ3v) is 2.63. The van der Waals surface area contributed by atoms with E-state index in [0.29, 0.717) is 0 Å². The molecule has 4 N–H and O–H groups in total. The molecule has 1 unspecified atom stereocenters. The second-order valence-corrected chi connectivity index (χ2v) is 3.42. The highest BCUT2D eigenvalue weighted by molar-refractivity contribution is 7.99. The standard InChI is InChI=1S/C5H10O4S/c6-2-1-10-5(9)4(8)3(2)7/h2-9H,1H2/t2-,3+,4-,5?/m0/s1. The van der Waals surface area contributed by atoms with Crippen LogP contribution in [0, 0.1) is 0 Å². The van der Waals surface area contributed by atoms with E-state index in [0.717, 1.165) is 11.8 Å². The molecule has 1 heterocycles. The molecule has 1 rings (SSSR count). The second kappa shape index (κ2) is 3.06. The zero-order valence-electron chi connectivity index (χ0n) is 5.21. The average molecular weight is 166 g/mol. The third-order valence-electron chi connectivity index (χ3n) is 1.47. The Bertz CT molecular complexity index is 106. The van der Waals surface area contributed by atoms with E-state index in [2.05, 4.69) is 0 Å². The first kappa shape index (κ1) is 8.29. The van der Waals surface area contributed by atoms with Crippen LogP contribution in [-0.4, -0.2) is 49.9 Å². The molecule has 0 aromatic carbocycles. The van der Waals surface area contributed by atoms with Crippen LogP contribution in [0.1, 0.15) is 0 Å². The van der Waals surface area contributed by atoms with E-state index in [4.69, 9.17) is 20.4 Å².